The fourth-order valence-electron chi connectivity index (χ4n) is 3.41. The van der Waals surface area contributed by atoms with Gasteiger partial charge in [-0.25, -0.2) is 9.18 Å². The Morgan fingerprint density at radius 1 is 1.18 bits per heavy atom. The zero-order valence-electron chi connectivity index (χ0n) is 15.6. The van der Waals surface area contributed by atoms with Gasteiger partial charge in [-0.15, -0.1) is 0 Å². The standard InChI is InChI=1S/C21H21FN2O4/c1-24(21(14-23)11-3-2-4-12-21)19(25)13-27-20(26)18-10-9-17(28-18)15-5-7-16(22)8-6-15/h5-10H,2-4,11-13H2,1H3. The largest absolute Gasteiger partial charge is 0.450 e. The van der Waals surface area contributed by atoms with Crippen molar-refractivity contribution in [2.24, 2.45) is 0 Å². The highest BCUT2D eigenvalue weighted by Gasteiger charge is 2.39. The van der Waals surface area contributed by atoms with Gasteiger partial charge < -0.3 is 14.1 Å². The van der Waals surface area contributed by atoms with Crippen LogP contribution in [0.1, 0.15) is 42.7 Å². The van der Waals surface area contributed by atoms with Crippen LogP contribution in [0.15, 0.2) is 40.8 Å². The molecule has 0 radical (unpaired) electrons. The van der Waals surface area contributed by atoms with Gasteiger partial charge in [-0.1, -0.05) is 19.3 Å². The predicted molar refractivity (Wildman–Crippen MR) is 98.6 cm³/mol. The molecule has 7 heteroatoms. The van der Waals surface area contributed by atoms with Gasteiger partial charge in [0.1, 0.15) is 17.1 Å². The molecule has 1 aromatic carbocycles. The first-order valence-electron chi connectivity index (χ1n) is 9.16. The zero-order valence-corrected chi connectivity index (χ0v) is 15.6. The van der Waals surface area contributed by atoms with Crippen molar-refractivity contribution in [2.45, 2.75) is 37.6 Å². The molecule has 1 aromatic heterocycles. The van der Waals surface area contributed by atoms with E-state index in [2.05, 4.69) is 6.07 Å². The van der Waals surface area contributed by atoms with E-state index in [-0.39, 0.29) is 11.6 Å². The van der Waals surface area contributed by atoms with E-state index < -0.39 is 24.0 Å². The predicted octanol–water partition coefficient (Wildman–Crippen LogP) is 3.93. The molecule has 0 atom stereocenters. The number of likely N-dealkylation sites (N-methyl/N-ethyl adjacent to an activating group) is 1. The number of halogens is 1. The molecule has 3 rings (SSSR count). The lowest BCUT2D eigenvalue weighted by atomic mass is 9.81. The van der Waals surface area contributed by atoms with Gasteiger partial charge in [0, 0.05) is 12.6 Å². The molecule has 0 aliphatic heterocycles. The normalized spacial score (nSPS) is 15.5. The van der Waals surface area contributed by atoms with E-state index in [4.69, 9.17) is 9.15 Å². The summed E-state index contributed by atoms with van der Waals surface area (Å²) < 4.78 is 23.5. The van der Waals surface area contributed by atoms with E-state index in [9.17, 15) is 19.2 Å². The number of nitrogens with zero attached hydrogens (tertiary/aromatic N) is 2. The Hall–Kier alpha value is -3.14. The Bertz CT molecular complexity index is 892. The van der Waals surface area contributed by atoms with Crippen molar-refractivity contribution in [3.63, 3.8) is 0 Å². The molecule has 0 N–H and O–H groups in total. The molecular weight excluding hydrogens is 363 g/mol. The molecule has 2 aromatic rings. The summed E-state index contributed by atoms with van der Waals surface area (Å²) >= 11 is 0. The summed E-state index contributed by atoms with van der Waals surface area (Å²) in [6.45, 7) is -0.467. The second kappa shape index (κ2) is 8.26. The minimum absolute atomic E-state index is 0.0533. The van der Waals surface area contributed by atoms with Crippen LogP contribution in [0.5, 0.6) is 0 Å². The Morgan fingerprint density at radius 3 is 2.50 bits per heavy atom. The average Bonchev–Trinajstić information content (AvgIpc) is 3.22. The molecule has 1 aliphatic rings. The van der Waals surface area contributed by atoms with Crippen LogP contribution in [0.3, 0.4) is 0 Å². The molecule has 6 nitrogen and oxygen atoms in total. The summed E-state index contributed by atoms with van der Waals surface area (Å²) in [6.07, 6.45) is 4.08. The van der Waals surface area contributed by atoms with Crippen LogP contribution in [-0.4, -0.2) is 36.0 Å². The van der Waals surface area contributed by atoms with Crippen LogP contribution >= 0.6 is 0 Å². The SMILES string of the molecule is CN(C(=O)COC(=O)c1ccc(-c2ccc(F)cc2)o1)C1(C#N)CCCCC1. The fourth-order valence-corrected chi connectivity index (χ4v) is 3.41. The Balaban J connectivity index is 1.60. The van der Waals surface area contributed by atoms with E-state index in [1.807, 2.05) is 0 Å². The van der Waals surface area contributed by atoms with E-state index >= 15 is 0 Å². The van der Waals surface area contributed by atoms with Crippen molar-refractivity contribution in [3.8, 4) is 17.4 Å². The van der Waals surface area contributed by atoms with E-state index in [0.717, 1.165) is 19.3 Å². The lowest BCUT2D eigenvalue weighted by Gasteiger charge is -2.38. The molecule has 1 fully saturated rings. The molecule has 0 saturated heterocycles. The van der Waals surface area contributed by atoms with Gasteiger partial charge in [-0.2, -0.15) is 5.26 Å². The second-order valence-electron chi connectivity index (χ2n) is 6.90. The van der Waals surface area contributed by atoms with Crippen molar-refractivity contribution >= 4 is 11.9 Å². The van der Waals surface area contributed by atoms with Crippen molar-refractivity contribution in [1.82, 2.24) is 4.90 Å². The summed E-state index contributed by atoms with van der Waals surface area (Å²) in [5.41, 5.74) is -0.216. The van der Waals surface area contributed by atoms with Crippen molar-refractivity contribution in [1.29, 1.82) is 5.26 Å². The number of benzene rings is 1. The maximum Gasteiger partial charge on any atom is 0.374 e. The van der Waals surface area contributed by atoms with Crippen LogP contribution in [0.25, 0.3) is 11.3 Å². The average molecular weight is 384 g/mol. The van der Waals surface area contributed by atoms with Crippen LogP contribution in [0, 0.1) is 17.1 Å². The van der Waals surface area contributed by atoms with Gasteiger partial charge in [0.05, 0.1) is 6.07 Å². The monoisotopic (exact) mass is 384 g/mol. The molecule has 28 heavy (non-hydrogen) atoms. The number of amides is 1. The summed E-state index contributed by atoms with van der Waals surface area (Å²) in [7, 11) is 1.57. The number of nitriles is 1. The number of rotatable bonds is 5. The third-order valence-corrected chi connectivity index (χ3v) is 5.17. The fraction of sp³-hybridized carbons (Fsp3) is 0.381. The van der Waals surface area contributed by atoms with Gasteiger partial charge in [-0.05, 0) is 49.2 Å². The van der Waals surface area contributed by atoms with Crippen LogP contribution < -0.4 is 0 Å². The molecule has 0 bridgehead atoms. The molecule has 1 amide bonds. The molecule has 146 valence electrons. The number of carbonyl (C=O) groups excluding carboxylic acids is 2. The molecule has 1 heterocycles. The highest BCUT2D eigenvalue weighted by atomic mass is 19.1. The number of furan rings is 1. The van der Waals surface area contributed by atoms with Crippen molar-refractivity contribution < 1.29 is 23.1 Å². The van der Waals surface area contributed by atoms with E-state index in [0.29, 0.717) is 24.2 Å². The topological polar surface area (TPSA) is 83.5 Å². The summed E-state index contributed by atoms with van der Waals surface area (Å²) in [5.74, 6) is -1.24. The number of esters is 1. The maximum absolute atomic E-state index is 13.0. The first-order chi connectivity index (χ1) is 13.4. The lowest BCUT2D eigenvalue weighted by molar-refractivity contribution is -0.138. The molecule has 1 saturated carbocycles. The van der Waals surface area contributed by atoms with Crippen molar-refractivity contribution in [2.75, 3.05) is 13.7 Å². The Kier molecular flexibility index (Phi) is 5.78. The smallest absolute Gasteiger partial charge is 0.374 e. The third-order valence-electron chi connectivity index (χ3n) is 5.17. The maximum atomic E-state index is 13.0. The van der Waals surface area contributed by atoms with Crippen molar-refractivity contribution in [3.05, 3.63) is 48.0 Å². The summed E-state index contributed by atoms with van der Waals surface area (Å²) in [6, 6.07) is 10.9. The van der Waals surface area contributed by atoms with Gasteiger partial charge in [0.15, 0.2) is 6.61 Å². The minimum Gasteiger partial charge on any atom is -0.450 e. The molecule has 0 unspecified atom stereocenters. The number of carbonyl (C=O) groups is 2. The Morgan fingerprint density at radius 2 is 1.86 bits per heavy atom. The van der Waals surface area contributed by atoms with Crippen LogP contribution in [0.2, 0.25) is 0 Å². The number of hydrogen-bond acceptors (Lipinski definition) is 5. The van der Waals surface area contributed by atoms with Gasteiger partial charge in [0.2, 0.25) is 5.76 Å². The molecular formula is C21H21FN2O4. The summed E-state index contributed by atoms with van der Waals surface area (Å²) in [4.78, 5) is 26.0. The third kappa shape index (κ3) is 4.06. The van der Waals surface area contributed by atoms with Crippen LogP contribution in [0.4, 0.5) is 4.39 Å². The first kappa shape index (κ1) is 19.6. The number of hydrogen-bond donors (Lipinski definition) is 0. The Labute approximate surface area is 162 Å². The second-order valence-corrected chi connectivity index (χ2v) is 6.90. The quantitative estimate of drug-likeness (QED) is 0.730. The van der Waals surface area contributed by atoms with Gasteiger partial charge in [-0.3, -0.25) is 4.79 Å². The van der Waals surface area contributed by atoms with Crippen LogP contribution in [-0.2, 0) is 9.53 Å². The molecule has 0 spiro atoms. The van der Waals surface area contributed by atoms with Gasteiger partial charge in [0.25, 0.3) is 5.91 Å². The highest BCUT2D eigenvalue weighted by Crippen LogP contribution is 2.32. The zero-order chi connectivity index (χ0) is 20.1. The highest BCUT2D eigenvalue weighted by molar-refractivity contribution is 5.89. The molecule has 1 aliphatic carbocycles. The summed E-state index contributed by atoms with van der Waals surface area (Å²) in [5, 5.41) is 9.55. The first-order valence-corrected chi connectivity index (χ1v) is 9.16. The van der Waals surface area contributed by atoms with E-state index in [1.54, 1.807) is 13.1 Å². The lowest BCUT2D eigenvalue weighted by Crippen LogP contribution is -2.51. The van der Waals surface area contributed by atoms with E-state index in [1.165, 1.54) is 35.2 Å². The minimum atomic E-state index is -0.831. The number of ether oxygens (including phenoxy) is 1. The van der Waals surface area contributed by atoms with Gasteiger partial charge >= 0.3 is 5.97 Å².